The number of benzene rings is 2. The first-order chi connectivity index (χ1) is 14.0. The summed E-state index contributed by atoms with van der Waals surface area (Å²) < 4.78 is 56.2. The molecule has 1 heterocycles. The quantitative estimate of drug-likeness (QED) is 0.543. The Morgan fingerprint density at radius 1 is 1.03 bits per heavy atom. The molecule has 9 heteroatoms. The summed E-state index contributed by atoms with van der Waals surface area (Å²) in [6.07, 6.45) is 0. The van der Waals surface area contributed by atoms with Crippen LogP contribution in [0.25, 0.3) is 22.2 Å². The fourth-order valence-electron chi connectivity index (χ4n) is 3.04. The van der Waals surface area contributed by atoms with Crippen LogP contribution in [0.3, 0.4) is 0 Å². The minimum atomic E-state index is -1.55. The summed E-state index contributed by atoms with van der Waals surface area (Å²) in [6.45, 7) is 2.46. The molecule has 3 aromatic rings. The third-order valence-corrected chi connectivity index (χ3v) is 4.58. The van der Waals surface area contributed by atoms with Crippen molar-refractivity contribution in [3.63, 3.8) is 0 Å². The number of phenolic OH excluding ortho intramolecular Hbond substituents is 1. The second-order valence-electron chi connectivity index (χ2n) is 6.49. The van der Waals surface area contributed by atoms with Crippen molar-refractivity contribution in [2.24, 2.45) is 0 Å². The normalized spacial score (nSPS) is 11.7. The van der Waals surface area contributed by atoms with Crippen LogP contribution in [-0.4, -0.2) is 55.7 Å². The van der Waals surface area contributed by atoms with Gasteiger partial charge < -0.3 is 19.1 Å². The number of ether oxygens (including phenoxy) is 2. The van der Waals surface area contributed by atoms with Gasteiger partial charge in [-0.25, -0.2) is 13.2 Å². The van der Waals surface area contributed by atoms with Crippen LogP contribution in [0.4, 0.5) is 13.2 Å². The summed E-state index contributed by atoms with van der Waals surface area (Å²) in [7, 11) is 3.19. The smallest absolute Gasteiger partial charge is 0.194 e. The van der Waals surface area contributed by atoms with Gasteiger partial charge in [0.2, 0.25) is 0 Å². The molecule has 29 heavy (non-hydrogen) atoms. The number of aromatic hydroxyl groups is 1. The molecule has 2 aromatic carbocycles. The zero-order valence-corrected chi connectivity index (χ0v) is 16.0. The molecule has 0 aliphatic carbocycles. The fourth-order valence-corrected chi connectivity index (χ4v) is 3.04. The maximum absolute atomic E-state index is 13.6. The van der Waals surface area contributed by atoms with Gasteiger partial charge in [-0.05, 0) is 24.3 Å². The van der Waals surface area contributed by atoms with Crippen LogP contribution in [0.15, 0.2) is 28.8 Å². The Bertz CT molecular complexity index is 962. The van der Waals surface area contributed by atoms with Crippen LogP contribution in [0.2, 0.25) is 0 Å². The van der Waals surface area contributed by atoms with Crippen LogP contribution in [0, 0.1) is 17.5 Å². The lowest BCUT2D eigenvalue weighted by Crippen LogP contribution is -2.30. The van der Waals surface area contributed by atoms with Crippen LogP contribution in [0.1, 0.15) is 5.56 Å². The van der Waals surface area contributed by atoms with Crippen molar-refractivity contribution < 1.29 is 32.3 Å². The summed E-state index contributed by atoms with van der Waals surface area (Å²) >= 11 is 0. The Balaban J connectivity index is 2.00. The van der Waals surface area contributed by atoms with E-state index in [0.29, 0.717) is 43.8 Å². The summed E-state index contributed by atoms with van der Waals surface area (Å²) in [5.74, 6) is -4.19. The number of fused-ring (bicyclic) bond motifs is 1. The molecular formula is C20H21F3N2O4. The fraction of sp³-hybridized carbons (Fsp3) is 0.350. The van der Waals surface area contributed by atoms with E-state index in [1.54, 1.807) is 14.2 Å². The SMILES string of the molecule is COCCN(CCOC)Cc1c(O)ccc2c(-c3cc(F)c(F)c(F)c3)noc12. The number of hydrogen-bond acceptors (Lipinski definition) is 6. The van der Waals surface area contributed by atoms with E-state index in [2.05, 4.69) is 5.16 Å². The highest BCUT2D eigenvalue weighted by Gasteiger charge is 2.21. The van der Waals surface area contributed by atoms with Gasteiger partial charge in [-0.3, -0.25) is 4.90 Å². The van der Waals surface area contributed by atoms with Gasteiger partial charge in [0.1, 0.15) is 11.4 Å². The lowest BCUT2D eigenvalue weighted by molar-refractivity contribution is 0.110. The third kappa shape index (κ3) is 4.52. The highest BCUT2D eigenvalue weighted by Crippen LogP contribution is 2.35. The number of rotatable bonds is 9. The number of methoxy groups -OCH3 is 2. The molecule has 3 rings (SSSR count). The minimum absolute atomic E-state index is 0.00324. The van der Waals surface area contributed by atoms with E-state index < -0.39 is 17.5 Å². The Labute approximate surface area is 165 Å². The largest absolute Gasteiger partial charge is 0.507 e. The van der Waals surface area contributed by atoms with Crippen molar-refractivity contribution in [1.29, 1.82) is 0 Å². The number of hydrogen-bond donors (Lipinski definition) is 1. The first-order valence-electron chi connectivity index (χ1n) is 8.91. The Morgan fingerprint density at radius 2 is 1.66 bits per heavy atom. The molecule has 1 aromatic heterocycles. The van der Waals surface area contributed by atoms with Crippen LogP contribution in [0.5, 0.6) is 5.75 Å². The van der Waals surface area contributed by atoms with Gasteiger partial charge in [-0.15, -0.1) is 0 Å². The molecule has 0 saturated heterocycles. The Hall–Kier alpha value is -2.62. The number of nitrogens with zero attached hydrogens (tertiary/aromatic N) is 2. The van der Waals surface area contributed by atoms with Crippen LogP contribution in [-0.2, 0) is 16.0 Å². The van der Waals surface area contributed by atoms with Gasteiger partial charge >= 0.3 is 0 Å². The zero-order valence-electron chi connectivity index (χ0n) is 16.0. The standard InChI is InChI=1S/C20H21F3N2O4/c1-27-7-5-25(6-8-28-2)11-14-17(26)4-3-13-19(24-29-20(13)14)12-9-15(21)18(23)16(22)10-12/h3-4,9-10,26H,5-8,11H2,1-2H3. The van der Waals surface area contributed by atoms with E-state index in [1.807, 2.05) is 4.90 Å². The maximum atomic E-state index is 13.6. The van der Waals surface area contributed by atoms with Crippen molar-refractivity contribution in [3.8, 4) is 17.0 Å². The topological polar surface area (TPSA) is 68.0 Å². The molecule has 156 valence electrons. The van der Waals surface area contributed by atoms with Gasteiger partial charge in [0.05, 0.1) is 24.2 Å². The molecule has 0 saturated carbocycles. The average molecular weight is 410 g/mol. The minimum Gasteiger partial charge on any atom is -0.507 e. The molecule has 1 N–H and O–H groups in total. The van der Waals surface area contributed by atoms with Crippen molar-refractivity contribution in [2.45, 2.75) is 6.54 Å². The first-order valence-corrected chi connectivity index (χ1v) is 8.91. The lowest BCUT2D eigenvalue weighted by Gasteiger charge is -2.22. The maximum Gasteiger partial charge on any atom is 0.194 e. The molecule has 0 spiro atoms. The van der Waals surface area contributed by atoms with Gasteiger partial charge in [-0.2, -0.15) is 0 Å². The highest BCUT2D eigenvalue weighted by molar-refractivity contribution is 5.94. The summed E-state index contributed by atoms with van der Waals surface area (Å²) in [5, 5.41) is 14.7. The third-order valence-electron chi connectivity index (χ3n) is 4.58. The lowest BCUT2D eigenvalue weighted by atomic mass is 10.0. The second kappa shape index (κ2) is 9.25. The van der Waals surface area contributed by atoms with Gasteiger partial charge in [-0.1, -0.05) is 5.16 Å². The Morgan fingerprint density at radius 3 is 2.24 bits per heavy atom. The molecule has 0 aliphatic heterocycles. The predicted octanol–water partition coefficient (Wildman–Crippen LogP) is 3.71. The van der Waals surface area contributed by atoms with E-state index in [0.717, 1.165) is 12.1 Å². The van der Waals surface area contributed by atoms with Crippen molar-refractivity contribution in [2.75, 3.05) is 40.5 Å². The van der Waals surface area contributed by atoms with Gasteiger partial charge in [0.25, 0.3) is 0 Å². The first kappa shape index (κ1) is 21.1. The molecule has 0 radical (unpaired) electrons. The second-order valence-corrected chi connectivity index (χ2v) is 6.49. The van der Waals surface area contributed by atoms with E-state index in [4.69, 9.17) is 14.0 Å². The molecule has 6 nitrogen and oxygen atoms in total. The summed E-state index contributed by atoms with van der Waals surface area (Å²) in [5.41, 5.74) is 0.938. The molecular weight excluding hydrogens is 389 g/mol. The number of aromatic nitrogens is 1. The Kier molecular flexibility index (Phi) is 6.73. The van der Waals surface area contributed by atoms with Crippen molar-refractivity contribution >= 4 is 11.0 Å². The monoisotopic (exact) mass is 410 g/mol. The molecule has 0 bridgehead atoms. The van der Waals surface area contributed by atoms with Crippen molar-refractivity contribution in [1.82, 2.24) is 10.1 Å². The number of phenols is 1. The van der Waals surface area contributed by atoms with Crippen molar-refractivity contribution in [3.05, 3.63) is 47.3 Å². The summed E-state index contributed by atoms with van der Waals surface area (Å²) in [4.78, 5) is 2.00. The van der Waals surface area contributed by atoms with Crippen LogP contribution < -0.4 is 0 Å². The predicted molar refractivity (Wildman–Crippen MR) is 100 cm³/mol. The number of halogens is 3. The molecule has 0 unspecified atom stereocenters. The highest BCUT2D eigenvalue weighted by atomic mass is 19.2. The molecule has 0 aliphatic rings. The van der Waals surface area contributed by atoms with Gasteiger partial charge in [0, 0.05) is 39.4 Å². The zero-order chi connectivity index (χ0) is 21.0. The van der Waals surface area contributed by atoms with Crippen LogP contribution >= 0.6 is 0 Å². The van der Waals surface area contributed by atoms with Gasteiger partial charge in [0.15, 0.2) is 23.0 Å². The molecule has 0 amide bonds. The summed E-state index contributed by atoms with van der Waals surface area (Å²) in [6, 6.07) is 4.70. The molecule has 0 fully saturated rings. The average Bonchev–Trinajstić information content (AvgIpc) is 3.13. The van der Waals surface area contributed by atoms with E-state index >= 15 is 0 Å². The molecule has 0 atom stereocenters. The van der Waals surface area contributed by atoms with E-state index in [-0.39, 0.29) is 22.6 Å². The van der Waals surface area contributed by atoms with E-state index in [9.17, 15) is 18.3 Å². The van der Waals surface area contributed by atoms with E-state index in [1.165, 1.54) is 12.1 Å².